The Balaban J connectivity index is 1.58. The molecule has 1 amide bonds. The van der Waals surface area contributed by atoms with Gasteiger partial charge in [0.05, 0.1) is 19.3 Å². The van der Waals surface area contributed by atoms with Gasteiger partial charge in [-0.25, -0.2) is 13.2 Å². The zero-order valence-electron chi connectivity index (χ0n) is 13.3. The van der Waals surface area contributed by atoms with Gasteiger partial charge in [-0.2, -0.15) is 0 Å². The molecule has 1 N–H and O–H groups in total. The predicted octanol–water partition coefficient (Wildman–Crippen LogP) is 3.12. The van der Waals surface area contributed by atoms with Gasteiger partial charge in [0, 0.05) is 24.8 Å². The number of carbonyl (C=O) groups is 1. The SMILES string of the molecule is O=C(CN1CCOC(c2ccc(F)cc2)C1)Nc1cc(F)cc(F)c1. The van der Waals surface area contributed by atoms with Crippen molar-refractivity contribution in [2.75, 3.05) is 31.6 Å². The van der Waals surface area contributed by atoms with Gasteiger partial charge in [-0.05, 0) is 29.8 Å². The molecule has 0 bridgehead atoms. The van der Waals surface area contributed by atoms with Crippen LogP contribution in [0.4, 0.5) is 18.9 Å². The van der Waals surface area contributed by atoms with Gasteiger partial charge in [-0.3, -0.25) is 9.69 Å². The predicted molar refractivity (Wildman–Crippen MR) is 86.5 cm³/mol. The molecule has 1 heterocycles. The molecule has 0 aliphatic carbocycles. The Labute approximate surface area is 143 Å². The van der Waals surface area contributed by atoms with Crippen molar-refractivity contribution >= 4 is 11.6 Å². The van der Waals surface area contributed by atoms with Crippen molar-refractivity contribution in [2.24, 2.45) is 0 Å². The third kappa shape index (κ3) is 4.80. The summed E-state index contributed by atoms with van der Waals surface area (Å²) in [5, 5.41) is 2.48. The minimum Gasteiger partial charge on any atom is -0.371 e. The van der Waals surface area contributed by atoms with E-state index in [1.807, 2.05) is 4.90 Å². The number of carbonyl (C=O) groups excluding carboxylic acids is 1. The van der Waals surface area contributed by atoms with Crippen LogP contribution in [0.5, 0.6) is 0 Å². The maximum Gasteiger partial charge on any atom is 0.238 e. The topological polar surface area (TPSA) is 41.6 Å². The molecule has 3 rings (SSSR count). The van der Waals surface area contributed by atoms with E-state index in [1.165, 1.54) is 12.1 Å². The van der Waals surface area contributed by atoms with Gasteiger partial charge in [0.15, 0.2) is 0 Å². The first kappa shape index (κ1) is 17.4. The van der Waals surface area contributed by atoms with Crippen LogP contribution >= 0.6 is 0 Å². The molecule has 0 radical (unpaired) electrons. The molecule has 1 unspecified atom stereocenters. The van der Waals surface area contributed by atoms with Crippen LogP contribution in [0.25, 0.3) is 0 Å². The number of anilines is 1. The van der Waals surface area contributed by atoms with E-state index in [0.717, 1.165) is 23.8 Å². The highest BCUT2D eigenvalue weighted by Gasteiger charge is 2.23. The van der Waals surface area contributed by atoms with Gasteiger partial charge in [-0.1, -0.05) is 12.1 Å². The van der Waals surface area contributed by atoms with Crippen LogP contribution in [0.2, 0.25) is 0 Å². The van der Waals surface area contributed by atoms with Gasteiger partial charge >= 0.3 is 0 Å². The van der Waals surface area contributed by atoms with Crippen LogP contribution in [-0.4, -0.2) is 37.0 Å². The van der Waals surface area contributed by atoms with Crippen LogP contribution in [0.3, 0.4) is 0 Å². The second-order valence-corrected chi connectivity index (χ2v) is 5.85. The molecular formula is C18H17F3N2O2. The number of hydrogen-bond donors (Lipinski definition) is 1. The van der Waals surface area contributed by atoms with Gasteiger partial charge < -0.3 is 10.1 Å². The molecule has 25 heavy (non-hydrogen) atoms. The third-order valence-corrected chi connectivity index (χ3v) is 3.91. The summed E-state index contributed by atoms with van der Waals surface area (Å²) in [6, 6.07) is 8.89. The van der Waals surface area contributed by atoms with Gasteiger partial charge in [0.1, 0.15) is 17.5 Å². The number of nitrogens with zero attached hydrogens (tertiary/aromatic N) is 1. The fourth-order valence-electron chi connectivity index (χ4n) is 2.75. The lowest BCUT2D eigenvalue weighted by Crippen LogP contribution is -2.42. The van der Waals surface area contributed by atoms with E-state index in [4.69, 9.17) is 4.74 Å². The first-order valence-corrected chi connectivity index (χ1v) is 7.85. The van der Waals surface area contributed by atoms with Crippen LogP contribution < -0.4 is 5.32 Å². The molecule has 0 spiro atoms. The van der Waals surface area contributed by atoms with E-state index >= 15 is 0 Å². The Morgan fingerprint density at radius 3 is 2.44 bits per heavy atom. The molecule has 4 nitrogen and oxygen atoms in total. The summed E-state index contributed by atoms with van der Waals surface area (Å²) in [4.78, 5) is 14.0. The second kappa shape index (κ2) is 7.67. The molecule has 0 aromatic heterocycles. The third-order valence-electron chi connectivity index (χ3n) is 3.91. The Morgan fingerprint density at radius 1 is 1.08 bits per heavy atom. The van der Waals surface area contributed by atoms with E-state index in [2.05, 4.69) is 5.32 Å². The largest absolute Gasteiger partial charge is 0.371 e. The summed E-state index contributed by atoms with van der Waals surface area (Å²) in [6.45, 7) is 1.53. The highest BCUT2D eigenvalue weighted by molar-refractivity contribution is 5.92. The molecule has 132 valence electrons. The lowest BCUT2D eigenvalue weighted by molar-refractivity contribution is -0.119. The van der Waals surface area contributed by atoms with Crippen molar-refractivity contribution in [3.63, 3.8) is 0 Å². The highest BCUT2D eigenvalue weighted by Crippen LogP contribution is 2.22. The summed E-state index contributed by atoms with van der Waals surface area (Å²) in [6.07, 6.45) is -0.256. The number of morpholine rings is 1. The molecule has 2 aromatic carbocycles. The number of benzene rings is 2. The summed E-state index contributed by atoms with van der Waals surface area (Å²) in [5.74, 6) is -2.20. The lowest BCUT2D eigenvalue weighted by Gasteiger charge is -2.32. The molecular weight excluding hydrogens is 333 g/mol. The number of amides is 1. The van der Waals surface area contributed by atoms with Gasteiger partial charge in [0.25, 0.3) is 0 Å². The van der Waals surface area contributed by atoms with E-state index in [1.54, 1.807) is 12.1 Å². The van der Waals surface area contributed by atoms with Crippen LogP contribution in [0, 0.1) is 17.5 Å². The minimum atomic E-state index is -0.752. The summed E-state index contributed by atoms with van der Waals surface area (Å²) in [7, 11) is 0. The van der Waals surface area contributed by atoms with E-state index < -0.39 is 11.6 Å². The van der Waals surface area contributed by atoms with Crippen LogP contribution in [0.1, 0.15) is 11.7 Å². The number of halogens is 3. The van der Waals surface area contributed by atoms with Crippen molar-refractivity contribution in [2.45, 2.75) is 6.10 Å². The normalized spacial score (nSPS) is 18.1. The fourth-order valence-corrected chi connectivity index (χ4v) is 2.75. The first-order valence-electron chi connectivity index (χ1n) is 7.85. The Kier molecular flexibility index (Phi) is 5.35. The number of hydrogen-bond acceptors (Lipinski definition) is 3. The van der Waals surface area contributed by atoms with Crippen molar-refractivity contribution in [1.82, 2.24) is 4.90 Å². The quantitative estimate of drug-likeness (QED) is 0.921. The molecule has 7 heteroatoms. The van der Waals surface area contributed by atoms with E-state index in [0.29, 0.717) is 19.7 Å². The monoisotopic (exact) mass is 350 g/mol. The molecule has 1 fully saturated rings. The Hall–Kier alpha value is -2.38. The molecule has 1 saturated heterocycles. The average molecular weight is 350 g/mol. The van der Waals surface area contributed by atoms with Crippen molar-refractivity contribution in [1.29, 1.82) is 0 Å². The standard InChI is InChI=1S/C18H17F3N2O2/c19-13-3-1-12(2-4-13)17-10-23(5-6-25-17)11-18(24)22-16-8-14(20)7-15(21)9-16/h1-4,7-9,17H,5-6,10-11H2,(H,22,24). The Bertz CT molecular complexity index is 732. The summed E-state index contributed by atoms with van der Waals surface area (Å²) >= 11 is 0. The number of rotatable bonds is 4. The fraction of sp³-hybridized carbons (Fsp3) is 0.278. The molecule has 1 atom stereocenters. The van der Waals surface area contributed by atoms with Gasteiger partial charge in [-0.15, -0.1) is 0 Å². The zero-order chi connectivity index (χ0) is 17.8. The molecule has 2 aromatic rings. The Morgan fingerprint density at radius 2 is 1.76 bits per heavy atom. The maximum atomic E-state index is 13.2. The van der Waals surface area contributed by atoms with Gasteiger partial charge in [0.2, 0.25) is 5.91 Å². The summed E-state index contributed by atoms with van der Waals surface area (Å²) < 4.78 is 45.0. The lowest BCUT2D eigenvalue weighted by atomic mass is 10.1. The summed E-state index contributed by atoms with van der Waals surface area (Å²) in [5.41, 5.74) is 0.907. The second-order valence-electron chi connectivity index (χ2n) is 5.85. The molecule has 1 aliphatic heterocycles. The highest BCUT2D eigenvalue weighted by atomic mass is 19.1. The number of nitrogens with one attached hydrogen (secondary N) is 1. The van der Waals surface area contributed by atoms with Crippen molar-refractivity contribution < 1.29 is 22.7 Å². The van der Waals surface area contributed by atoms with E-state index in [-0.39, 0.29) is 30.1 Å². The zero-order valence-corrected chi connectivity index (χ0v) is 13.3. The molecule has 0 saturated carbocycles. The van der Waals surface area contributed by atoms with E-state index in [9.17, 15) is 18.0 Å². The number of ether oxygens (including phenoxy) is 1. The average Bonchev–Trinajstić information content (AvgIpc) is 2.54. The van der Waals surface area contributed by atoms with Crippen LogP contribution in [0.15, 0.2) is 42.5 Å². The first-order chi connectivity index (χ1) is 12.0. The van der Waals surface area contributed by atoms with Crippen LogP contribution in [-0.2, 0) is 9.53 Å². The smallest absolute Gasteiger partial charge is 0.238 e. The van der Waals surface area contributed by atoms with Crippen molar-refractivity contribution in [3.8, 4) is 0 Å². The molecule has 1 aliphatic rings. The van der Waals surface area contributed by atoms with Crippen molar-refractivity contribution in [3.05, 3.63) is 65.5 Å². The minimum absolute atomic E-state index is 0.0686. The maximum absolute atomic E-state index is 13.2.